The van der Waals surface area contributed by atoms with Crippen LogP contribution >= 0.6 is 11.6 Å². The molecule has 3 heterocycles. The van der Waals surface area contributed by atoms with Crippen LogP contribution in [0.1, 0.15) is 53.8 Å². The number of carbonyl (C=O) groups excluding carboxylic acids is 1. The van der Waals surface area contributed by atoms with Crippen LogP contribution in [0.2, 0.25) is 5.02 Å². The zero-order valence-corrected chi connectivity index (χ0v) is 21.4. The number of pyridine rings is 2. The number of ether oxygens (including phenoxy) is 2. The minimum Gasteiger partial charge on any atom is -0.506 e. The van der Waals surface area contributed by atoms with Gasteiger partial charge in [-0.3, -0.25) is 9.78 Å². The Hall–Kier alpha value is -3.52. The Labute approximate surface area is 215 Å². The Morgan fingerprint density at radius 2 is 1.86 bits per heavy atom. The van der Waals surface area contributed by atoms with Gasteiger partial charge in [-0.05, 0) is 43.5 Å². The van der Waals surface area contributed by atoms with E-state index in [1.54, 1.807) is 35.4 Å². The van der Waals surface area contributed by atoms with Crippen molar-refractivity contribution in [1.29, 1.82) is 0 Å². The number of nitrogens with zero attached hydrogens (tertiary/aromatic N) is 3. The van der Waals surface area contributed by atoms with Crippen LogP contribution in [0.4, 0.5) is 0 Å². The van der Waals surface area contributed by atoms with Gasteiger partial charge in [-0.2, -0.15) is 0 Å². The Kier molecular flexibility index (Phi) is 7.84. The molecule has 1 aliphatic heterocycles. The number of hydrogen-bond donors (Lipinski definition) is 2. The topological polar surface area (TPSA) is 105 Å². The average Bonchev–Trinajstić information content (AvgIpc) is 3.38. The first kappa shape index (κ1) is 25.6. The van der Waals surface area contributed by atoms with Crippen molar-refractivity contribution in [1.82, 2.24) is 14.9 Å². The third kappa shape index (κ3) is 4.91. The largest absolute Gasteiger partial charge is 0.506 e. The van der Waals surface area contributed by atoms with E-state index in [9.17, 15) is 15.0 Å². The molecule has 0 bridgehead atoms. The molecule has 9 heteroatoms. The molecule has 8 nitrogen and oxygen atoms in total. The quantitative estimate of drug-likeness (QED) is 0.428. The molecule has 3 aromatic rings. The fraction of sp³-hybridized carbons (Fsp3) is 0.370. The molecule has 190 valence electrons. The first-order valence-electron chi connectivity index (χ1n) is 12.0. The van der Waals surface area contributed by atoms with E-state index >= 15 is 0 Å². The average molecular weight is 512 g/mol. The summed E-state index contributed by atoms with van der Waals surface area (Å²) in [6, 6.07) is 8.90. The van der Waals surface area contributed by atoms with Crippen molar-refractivity contribution in [2.24, 2.45) is 0 Å². The van der Waals surface area contributed by atoms with Crippen LogP contribution in [0.25, 0.3) is 11.1 Å². The zero-order chi connectivity index (χ0) is 25.8. The molecule has 0 aliphatic carbocycles. The van der Waals surface area contributed by atoms with Crippen molar-refractivity contribution >= 4 is 17.5 Å². The van der Waals surface area contributed by atoms with E-state index in [0.717, 1.165) is 18.5 Å². The van der Waals surface area contributed by atoms with Gasteiger partial charge in [0.25, 0.3) is 5.91 Å². The van der Waals surface area contributed by atoms with Crippen LogP contribution in [0.3, 0.4) is 0 Å². The van der Waals surface area contributed by atoms with E-state index in [-0.39, 0.29) is 17.2 Å². The Balaban J connectivity index is 1.77. The summed E-state index contributed by atoms with van der Waals surface area (Å²) in [5.74, 6) is -0.373. The summed E-state index contributed by atoms with van der Waals surface area (Å²) < 4.78 is 11.1. The molecule has 1 fully saturated rings. The highest BCUT2D eigenvalue weighted by Crippen LogP contribution is 2.47. The normalized spacial score (nSPS) is 15.2. The lowest BCUT2D eigenvalue weighted by atomic mass is 9.95. The smallest absolute Gasteiger partial charge is 0.263 e. The lowest BCUT2D eigenvalue weighted by Crippen LogP contribution is -2.29. The van der Waals surface area contributed by atoms with Gasteiger partial charge in [0.1, 0.15) is 22.8 Å². The van der Waals surface area contributed by atoms with Crippen molar-refractivity contribution in [2.45, 2.75) is 38.5 Å². The summed E-state index contributed by atoms with van der Waals surface area (Å²) in [5.41, 5.74) is 1.89. The summed E-state index contributed by atoms with van der Waals surface area (Å²) in [6.07, 6.45) is 4.46. The SMILES string of the molecule is CCCCc1nc(O)c(C(=O)N2CCC(c3ccc(Cl)cn3)C2)c(O)c1-c1c(OC)cccc1OC. The molecule has 1 saturated heterocycles. The highest BCUT2D eigenvalue weighted by atomic mass is 35.5. The van der Waals surface area contributed by atoms with Gasteiger partial charge in [-0.15, -0.1) is 0 Å². The molecule has 0 saturated carbocycles. The minimum absolute atomic E-state index is 0.0288. The van der Waals surface area contributed by atoms with E-state index in [1.165, 1.54) is 14.2 Å². The van der Waals surface area contributed by atoms with E-state index in [4.69, 9.17) is 21.1 Å². The van der Waals surface area contributed by atoms with Gasteiger partial charge in [0.15, 0.2) is 0 Å². The van der Waals surface area contributed by atoms with E-state index in [1.807, 2.05) is 13.0 Å². The molecule has 4 rings (SSSR count). The van der Waals surface area contributed by atoms with E-state index in [0.29, 0.717) is 59.3 Å². The summed E-state index contributed by atoms with van der Waals surface area (Å²) in [5, 5.41) is 22.9. The molecule has 1 aliphatic rings. The molecule has 1 atom stereocenters. The molecular formula is C27H30ClN3O5. The lowest BCUT2D eigenvalue weighted by Gasteiger charge is -2.22. The standard InChI is InChI=1S/C27H30ClN3O5/c1-4-5-7-19-22(23-20(35-2)8-6-9-21(23)36-3)25(32)24(26(33)30-19)27(34)31-13-12-16(15-31)18-11-10-17(28)14-29-18/h6,8-11,14,16H,4-5,7,12-13,15H2,1-3H3,(H2,30,32,33). The van der Waals surface area contributed by atoms with Gasteiger partial charge in [0.05, 0.1) is 36.1 Å². The van der Waals surface area contributed by atoms with Gasteiger partial charge < -0.3 is 24.6 Å². The second-order valence-corrected chi connectivity index (χ2v) is 9.20. The van der Waals surface area contributed by atoms with Crippen molar-refractivity contribution in [3.8, 4) is 34.3 Å². The summed E-state index contributed by atoms with van der Waals surface area (Å²) in [6.45, 7) is 2.90. The molecule has 0 spiro atoms. The Morgan fingerprint density at radius 1 is 1.14 bits per heavy atom. The fourth-order valence-corrected chi connectivity index (χ4v) is 4.77. The van der Waals surface area contributed by atoms with E-state index in [2.05, 4.69) is 9.97 Å². The molecule has 1 unspecified atom stereocenters. The van der Waals surface area contributed by atoms with Crippen molar-refractivity contribution < 1.29 is 24.5 Å². The molecule has 0 radical (unpaired) electrons. The number of halogens is 1. The van der Waals surface area contributed by atoms with Gasteiger partial charge in [0.2, 0.25) is 5.88 Å². The molecule has 2 aromatic heterocycles. The highest BCUT2D eigenvalue weighted by molar-refractivity contribution is 6.30. The zero-order valence-electron chi connectivity index (χ0n) is 20.6. The van der Waals surface area contributed by atoms with Crippen molar-refractivity contribution in [3.05, 3.63) is 58.5 Å². The van der Waals surface area contributed by atoms with Crippen molar-refractivity contribution in [2.75, 3.05) is 27.3 Å². The van der Waals surface area contributed by atoms with Gasteiger partial charge >= 0.3 is 0 Å². The molecule has 1 aromatic carbocycles. The maximum absolute atomic E-state index is 13.6. The number of likely N-dealkylation sites (tertiary alicyclic amines) is 1. The minimum atomic E-state index is -0.494. The maximum atomic E-state index is 13.6. The number of aryl methyl sites for hydroxylation is 1. The molecule has 36 heavy (non-hydrogen) atoms. The second-order valence-electron chi connectivity index (χ2n) is 8.76. The summed E-state index contributed by atoms with van der Waals surface area (Å²) >= 11 is 5.96. The number of unbranched alkanes of at least 4 members (excludes halogenated alkanes) is 1. The highest BCUT2D eigenvalue weighted by Gasteiger charge is 2.34. The van der Waals surface area contributed by atoms with Gasteiger partial charge in [-0.25, -0.2) is 4.98 Å². The van der Waals surface area contributed by atoms with Crippen molar-refractivity contribution in [3.63, 3.8) is 0 Å². The first-order valence-corrected chi connectivity index (χ1v) is 12.3. The summed E-state index contributed by atoms with van der Waals surface area (Å²) in [4.78, 5) is 24.0. The fourth-order valence-electron chi connectivity index (χ4n) is 4.66. The number of amides is 1. The number of aromatic nitrogens is 2. The number of rotatable bonds is 8. The number of methoxy groups -OCH3 is 2. The first-order chi connectivity index (χ1) is 17.4. The second kappa shape index (κ2) is 11.0. The van der Waals surface area contributed by atoms with Crippen LogP contribution in [0.15, 0.2) is 36.5 Å². The maximum Gasteiger partial charge on any atom is 0.263 e. The summed E-state index contributed by atoms with van der Waals surface area (Å²) in [7, 11) is 3.05. The predicted molar refractivity (Wildman–Crippen MR) is 137 cm³/mol. The molecule has 2 N–H and O–H groups in total. The Bertz CT molecular complexity index is 1230. The number of aromatic hydroxyl groups is 2. The molecule has 1 amide bonds. The van der Waals surface area contributed by atoms with E-state index < -0.39 is 11.8 Å². The van der Waals surface area contributed by atoms with Crippen LogP contribution in [0, 0.1) is 0 Å². The van der Waals surface area contributed by atoms with Crippen LogP contribution < -0.4 is 9.47 Å². The lowest BCUT2D eigenvalue weighted by molar-refractivity contribution is 0.0783. The third-order valence-corrected chi connectivity index (χ3v) is 6.75. The van der Waals surface area contributed by atoms with Crippen LogP contribution in [-0.2, 0) is 6.42 Å². The Morgan fingerprint density at radius 3 is 2.47 bits per heavy atom. The van der Waals surface area contributed by atoms with Crippen LogP contribution in [0.5, 0.6) is 23.1 Å². The number of benzene rings is 1. The van der Waals surface area contributed by atoms with Gasteiger partial charge in [0, 0.05) is 30.9 Å². The predicted octanol–water partition coefficient (Wildman–Crippen LogP) is 5.20. The third-order valence-electron chi connectivity index (χ3n) is 6.53. The van der Waals surface area contributed by atoms with Gasteiger partial charge in [-0.1, -0.05) is 31.0 Å². The number of hydrogen-bond acceptors (Lipinski definition) is 7. The monoisotopic (exact) mass is 511 g/mol. The number of carbonyl (C=O) groups is 1. The van der Waals surface area contributed by atoms with Crippen LogP contribution in [-0.4, -0.2) is 58.3 Å². The molecular weight excluding hydrogens is 482 g/mol.